The average Bonchev–Trinajstić information content (AvgIpc) is 2.31. The van der Waals surface area contributed by atoms with Crippen molar-refractivity contribution in [1.82, 2.24) is 6.15 Å². The van der Waals surface area contributed by atoms with E-state index in [1.54, 1.807) is 0 Å². The molecule has 0 bridgehead atoms. The molecule has 0 aliphatic rings. The first-order chi connectivity index (χ1) is 7.91. The van der Waals surface area contributed by atoms with Crippen molar-refractivity contribution >= 4 is 11.8 Å². The number of thioether (sulfide) groups is 1. The Balaban J connectivity index is 0. The Bertz CT molecular complexity index is 103. The molecular weight excluding hydrogens is 226 g/mol. The Morgan fingerprint density at radius 1 is 0.706 bits per heavy atom. The topological polar surface area (TPSA) is 35.0 Å². The minimum Gasteiger partial charge on any atom is -0.344 e. The predicted molar refractivity (Wildman–Crippen MR) is 84.2 cm³/mol. The fraction of sp³-hybridized carbons (Fsp3) is 0.933. The maximum atomic E-state index is 3.85. The van der Waals surface area contributed by atoms with Crippen molar-refractivity contribution in [2.45, 2.75) is 77.6 Å². The van der Waals surface area contributed by atoms with E-state index in [0.29, 0.717) is 0 Å². The van der Waals surface area contributed by atoms with Crippen LogP contribution >= 0.6 is 11.8 Å². The molecule has 0 atom stereocenters. The summed E-state index contributed by atoms with van der Waals surface area (Å²) in [5, 5.41) is 0. The van der Waals surface area contributed by atoms with Crippen LogP contribution in [0.1, 0.15) is 77.6 Å². The summed E-state index contributed by atoms with van der Waals surface area (Å²) in [7, 11) is 0. The second-order valence-corrected chi connectivity index (χ2v) is 5.87. The highest BCUT2D eigenvalue weighted by molar-refractivity contribution is 7.99. The molecule has 1 nitrogen and oxygen atoms in total. The molecule has 0 amide bonds. The monoisotopic (exact) mass is 260 g/mol. The summed E-state index contributed by atoms with van der Waals surface area (Å²) in [5.41, 5.74) is 0. The minimum atomic E-state index is 0. The SMILES string of the molecule is N.[CH2]CCSCCCCCCCCCCCC. The van der Waals surface area contributed by atoms with Crippen LogP contribution in [-0.4, -0.2) is 11.5 Å². The van der Waals surface area contributed by atoms with Crippen molar-refractivity contribution in [1.29, 1.82) is 0 Å². The molecule has 0 aromatic rings. The summed E-state index contributed by atoms with van der Waals surface area (Å²) in [5.74, 6) is 2.60. The molecule has 0 spiro atoms. The van der Waals surface area contributed by atoms with Crippen LogP contribution in [0.3, 0.4) is 0 Å². The smallest absolute Gasteiger partial charge is 0.00675 e. The molecule has 2 heteroatoms. The summed E-state index contributed by atoms with van der Waals surface area (Å²) in [6.45, 7) is 6.14. The Morgan fingerprint density at radius 2 is 1.18 bits per heavy atom. The lowest BCUT2D eigenvalue weighted by Crippen LogP contribution is -1.85. The maximum absolute atomic E-state index is 3.85. The lowest BCUT2D eigenvalue weighted by atomic mass is 10.1. The molecule has 1 radical (unpaired) electrons. The number of hydrogen-bond acceptors (Lipinski definition) is 2. The van der Waals surface area contributed by atoms with Gasteiger partial charge in [0.05, 0.1) is 0 Å². The van der Waals surface area contributed by atoms with Crippen LogP contribution in [0.15, 0.2) is 0 Å². The third-order valence-corrected chi connectivity index (χ3v) is 4.09. The van der Waals surface area contributed by atoms with Gasteiger partial charge in [-0.05, 0) is 24.3 Å². The lowest BCUT2D eigenvalue weighted by molar-refractivity contribution is 0.563. The van der Waals surface area contributed by atoms with Crippen molar-refractivity contribution in [2.75, 3.05) is 11.5 Å². The van der Waals surface area contributed by atoms with E-state index in [9.17, 15) is 0 Å². The van der Waals surface area contributed by atoms with E-state index in [4.69, 9.17) is 0 Å². The first-order valence-electron chi connectivity index (χ1n) is 7.28. The van der Waals surface area contributed by atoms with Crippen LogP contribution < -0.4 is 6.15 Å². The van der Waals surface area contributed by atoms with E-state index in [0.717, 1.165) is 6.42 Å². The highest BCUT2D eigenvalue weighted by atomic mass is 32.2. The van der Waals surface area contributed by atoms with Crippen molar-refractivity contribution in [2.24, 2.45) is 0 Å². The average molecular weight is 261 g/mol. The van der Waals surface area contributed by atoms with Gasteiger partial charge in [0.15, 0.2) is 0 Å². The van der Waals surface area contributed by atoms with Gasteiger partial charge in [0.25, 0.3) is 0 Å². The van der Waals surface area contributed by atoms with E-state index in [-0.39, 0.29) is 6.15 Å². The molecule has 17 heavy (non-hydrogen) atoms. The minimum absolute atomic E-state index is 0. The van der Waals surface area contributed by atoms with Gasteiger partial charge >= 0.3 is 0 Å². The molecular formula is C15H34NS. The van der Waals surface area contributed by atoms with E-state index < -0.39 is 0 Å². The van der Waals surface area contributed by atoms with Gasteiger partial charge in [0, 0.05) is 0 Å². The molecule has 105 valence electrons. The molecule has 0 saturated heterocycles. The highest BCUT2D eigenvalue weighted by Gasteiger charge is 1.92. The van der Waals surface area contributed by atoms with Gasteiger partial charge in [0.1, 0.15) is 0 Å². The standard InChI is InChI=1S/C15H31S.H3N/c1-3-5-6-7-8-9-10-11-12-13-15-16-14-4-2;/h2-15H2,1H3;1H3. The van der Waals surface area contributed by atoms with Gasteiger partial charge in [-0.2, -0.15) is 11.8 Å². The molecule has 3 N–H and O–H groups in total. The summed E-state index contributed by atoms with van der Waals surface area (Å²) < 4.78 is 0. The highest BCUT2D eigenvalue weighted by Crippen LogP contribution is 2.12. The summed E-state index contributed by atoms with van der Waals surface area (Å²) in [6.07, 6.45) is 15.5. The quantitative estimate of drug-likeness (QED) is 0.410. The molecule has 0 aliphatic heterocycles. The van der Waals surface area contributed by atoms with Crippen molar-refractivity contribution in [3.05, 3.63) is 6.92 Å². The summed E-state index contributed by atoms with van der Waals surface area (Å²) in [4.78, 5) is 0. The van der Waals surface area contributed by atoms with Crippen LogP contribution in [0.25, 0.3) is 0 Å². The van der Waals surface area contributed by atoms with Gasteiger partial charge in [-0.15, -0.1) is 0 Å². The van der Waals surface area contributed by atoms with Crippen molar-refractivity contribution < 1.29 is 0 Å². The summed E-state index contributed by atoms with van der Waals surface area (Å²) >= 11 is 2.07. The third kappa shape index (κ3) is 18.9. The Morgan fingerprint density at radius 3 is 1.65 bits per heavy atom. The van der Waals surface area contributed by atoms with E-state index in [1.807, 2.05) is 0 Å². The Labute approximate surface area is 114 Å². The molecule has 0 rings (SSSR count). The maximum Gasteiger partial charge on any atom is -0.00675 e. The van der Waals surface area contributed by atoms with Gasteiger partial charge in [-0.3, -0.25) is 0 Å². The second-order valence-electron chi connectivity index (χ2n) is 4.65. The van der Waals surface area contributed by atoms with Crippen molar-refractivity contribution in [3.8, 4) is 0 Å². The second kappa shape index (κ2) is 18.7. The molecule has 0 aromatic carbocycles. The van der Waals surface area contributed by atoms with Crippen LogP contribution in [0.5, 0.6) is 0 Å². The van der Waals surface area contributed by atoms with E-state index in [1.165, 1.54) is 75.7 Å². The fourth-order valence-electron chi connectivity index (χ4n) is 1.90. The molecule has 0 heterocycles. The predicted octanol–water partition coefficient (Wildman–Crippen LogP) is 6.03. The zero-order valence-corrected chi connectivity index (χ0v) is 12.8. The Kier molecular flexibility index (Phi) is 21.6. The van der Waals surface area contributed by atoms with Gasteiger partial charge in [-0.1, -0.05) is 71.6 Å². The molecule has 0 aliphatic carbocycles. The normalized spacial score (nSPS) is 10.2. The molecule has 0 saturated carbocycles. The van der Waals surface area contributed by atoms with Crippen molar-refractivity contribution in [3.63, 3.8) is 0 Å². The number of rotatable bonds is 13. The largest absolute Gasteiger partial charge is 0.344 e. The molecule has 0 aromatic heterocycles. The van der Waals surface area contributed by atoms with E-state index >= 15 is 0 Å². The van der Waals surface area contributed by atoms with Crippen LogP contribution in [0.2, 0.25) is 0 Å². The van der Waals surface area contributed by atoms with E-state index in [2.05, 4.69) is 25.6 Å². The first-order valence-corrected chi connectivity index (χ1v) is 8.44. The fourth-order valence-corrected chi connectivity index (χ4v) is 2.71. The zero-order chi connectivity index (χ0) is 11.9. The number of unbranched alkanes of at least 4 members (excludes halogenated alkanes) is 9. The third-order valence-electron chi connectivity index (χ3n) is 2.93. The van der Waals surface area contributed by atoms with Crippen LogP contribution in [0.4, 0.5) is 0 Å². The van der Waals surface area contributed by atoms with Gasteiger partial charge in [0.2, 0.25) is 0 Å². The lowest BCUT2D eigenvalue weighted by Gasteiger charge is -2.02. The van der Waals surface area contributed by atoms with Gasteiger partial charge in [-0.25, -0.2) is 0 Å². The number of hydrogen-bond donors (Lipinski definition) is 1. The zero-order valence-electron chi connectivity index (χ0n) is 12.0. The van der Waals surface area contributed by atoms with Gasteiger partial charge < -0.3 is 6.15 Å². The first kappa shape index (κ1) is 19.6. The van der Waals surface area contributed by atoms with Crippen LogP contribution in [0, 0.1) is 6.92 Å². The van der Waals surface area contributed by atoms with Crippen LogP contribution in [-0.2, 0) is 0 Å². The molecule has 0 fully saturated rings. The Hall–Kier alpha value is 0.310. The molecule has 0 unspecified atom stereocenters. The summed E-state index contributed by atoms with van der Waals surface area (Å²) in [6, 6.07) is 0.